The minimum Gasteiger partial charge on any atom is -0.0654 e. The van der Waals surface area contributed by atoms with Crippen molar-refractivity contribution in [2.45, 2.75) is 97.7 Å². The molecule has 0 aliphatic carbocycles. The molecule has 0 aromatic carbocycles. The van der Waals surface area contributed by atoms with Crippen molar-refractivity contribution >= 4 is 53.3 Å². The van der Waals surface area contributed by atoms with Gasteiger partial charge < -0.3 is 0 Å². The van der Waals surface area contributed by atoms with E-state index in [4.69, 9.17) is 0 Å². The van der Waals surface area contributed by atoms with Crippen LogP contribution in [0.25, 0.3) is 0 Å². The fourth-order valence-electron chi connectivity index (χ4n) is 2.45. The molecular formula is C19H36I2Si. The molecule has 0 atom stereocenters. The van der Waals surface area contributed by atoms with Gasteiger partial charge in [-0.3, -0.25) is 0 Å². The second kappa shape index (κ2) is 13.4. The van der Waals surface area contributed by atoms with Crippen molar-refractivity contribution in [3.8, 4) is 0 Å². The zero-order valence-electron chi connectivity index (χ0n) is 15.4. The number of hydrogen-bond donors (Lipinski definition) is 0. The third-order valence-corrected chi connectivity index (χ3v) is 11.9. The largest absolute Gasteiger partial charge is 0.0858 e. The highest BCUT2D eigenvalue weighted by Crippen LogP contribution is 2.31. The van der Waals surface area contributed by atoms with Crippen molar-refractivity contribution in [3.63, 3.8) is 0 Å². The van der Waals surface area contributed by atoms with Crippen LogP contribution in [0.3, 0.4) is 0 Å². The first-order valence-electron chi connectivity index (χ1n) is 9.08. The van der Waals surface area contributed by atoms with Crippen LogP contribution in [0, 0.1) is 0 Å². The molecule has 130 valence electrons. The molecule has 0 unspecified atom stereocenters. The Bertz CT molecular complexity index is 351. The van der Waals surface area contributed by atoms with E-state index in [1.807, 2.05) is 0 Å². The quantitative estimate of drug-likeness (QED) is 0.0994. The van der Waals surface area contributed by atoms with Gasteiger partial charge in [-0.1, -0.05) is 94.6 Å². The van der Waals surface area contributed by atoms with Gasteiger partial charge in [0, 0.05) is 0 Å². The Morgan fingerprint density at radius 1 is 0.773 bits per heavy atom. The van der Waals surface area contributed by atoms with Gasteiger partial charge >= 0.3 is 0 Å². The lowest BCUT2D eigenvalue weighted by atomic mass is 10.1. The molecule has 0 aliphatic heterocycles. The van der Waals surface area contributed by atoms with Crippen molar-refractivity contribution in [1.29, 1.82) is 0 Å². The van der Waals surface area contributed by atoms with Crippen molar-refractivity contribution in [2.75, 3.05) is 0 Å². The van der Waals surface area contributed by atoms with Crippen molar-refractivity contribution in [2.24, 2.45) is 0 Å². The lowest BCUT2D eigenvalue weighted by Crippen LogP contribution is -2.21. The van der Waals surface area contributed by atoms with E-state index < -0.39 is 8.07 Å². The highest BCUT2D eigenvalue weighted by atomic mass is 127. The molecule has 0 radical (unpaired) electrons. The Hall–Kier alpha value is 1.16. The van der Waals surface area contributed by atoms with Crippen LogP contribution in [-0.2, 0) is 0 Å². The maximum absolute atomic E-state index is 2.65. The van der Waals surface area contributed by atoms with Crippen LogP contribution >= 0.6 is 45.2 Å². The summed E-state index contributed by atoms with van der Waals surface area (Å²) in [5.74, 6) is 0. The molecule has 0 aromatic rings. The van der Waals surface area contributed by atoms with Gasteiger partial charge in [-0.2, -0.15) is 0 Å². The van der Waals surface area contributed by atoms with E-state index in [1.165, 1.54) is 64.2 Å². The molecule has 0 N–H and O–H groups in total. The van der Waals surface area contributed by atoms with Crippen LogP contribution in [0.1, 0.15) is 78.1 Å². The minimum absolute atomic E-state index is 1.18. The lowest BCUT2D eigenvalue weighted by molar-refractivity contribution is 0.666. The van der Waals surface area contributed by atoms with Crippen LogP contribution < -0.4 is 0 Å². The first kappa shape index (κ1) is 23.2. The van der Waals surface area contributed by atoms with Gasteiger partial charge in [0.1, 0.15) is 0 Å². The van der Waals surface area contributed by atoms with Gasteiger partial charge in [0.05, 0.1) is 8.07 Å². The standard InChI is InChI=1S/C19H36I2Si/c1-6-8-10-12-14-17(19(21)22(3,4)5)16-18(20)15-13-11-9-7-2/h16H,6-15H2,1-5H3. The molecule has 3 heteroatoms. The molecule has 0 rings (SSSR count). The van der Waals surface area contributed by atoms with Crippen molar-refractivity contribution in [1.82, 2.24) is 0 Å². The Morgan fingerprint density at radius 3 is 1.73 bits per heavy atom. The number of halogens is 2. The number of hydrogen-bond acceptors (Lipinski definition) is 0. The molecule has 22 heavy (non-hydrogen) atoms. The van der Waals surface area contributed by atoms with Gasteiger partial charge in [0.15, 0.2) is 0 Å². The Labute approximate surface area is 168 Å². The second-order valence-electron chi connectivity index (χ2n) is 7.30. The molecule has 0 aromatic heterocycles. The predicted molar refractivity (Wildman–Crippen MR) is 124 cm³/mol. The lowest BCUT2D eigenvalue weighted by Gasteiger charge is -2.19. The average Bonchev–Trinajstić information content (AvgIpc) is 2.45. The van der Waals surface area contributed by atoms with E-state index in [-0.39, 0.29) is 0 Å². The van der Waals surface area contributed by atoms with Gasteiger partial charge in [-0.25, -0.2) is 0 Å². The molecular weight excluding hydrogens is 510 g/mol. The Kier molecular flexibility index (Phi) is 14.2. The fraction of sp³-hybridized carbons (Fsp3) is 0.789. The van der Waals surface area contributed by atoms with E-state index >= 15 is 0 Å². The minimum atomic E-state index is -1.18. The van der Waals surface area contributed by atoms with E-state index in [9.17, 15) is 0 Å². The van der Waals surface area contributed by atoms with Crippen LogP contribution in [0.15, 0.2) is 18.4 Å². The van der Waals surface area contributed by atoms with E-state index in [0.29, 0.717) is 0 Å². The molecule has 0 saturated heterocycles. The Morgan fingerprint density at radius 2 is 1.27 bits per heavy atom. The number of allylic oxidation sites excluding steroid dienone is 3. The van der Waals surface area contributed by atoms with Gasteiger partial charge in [-0.15, -0.1) is 0 Å². The number of rotatable bonds is 12. The van der Waals surface area contributed by atoms with Crippen molar-refractivity contribution in [3.05, 3.63) is 18.4 Å². The molecule has 0 heterocycles. The first-order chi connectivity index (χ1) is 10.3. The molecule has 0 fully saturated rings. The second-order valence-corrected chi connectivity index (χ2v) is 15.8. The summed E-state index contributed by atoms with van der Waals surface area (Å²) in [6.45, 7) is 12.0. The molecule has 0 aliphatic rings. The maximum atomic E-state index is 2.65. The summed E-state index contributed by atoms with van der Waals surface area (Å²) in [6.07, 6.45) is 16.0. The Balaban J connectivity index is 4.77. The molecule has 0 spiro atoms. The summed E-state index contributed by atoms with van der Waals surface area (Å²) in [5.41, 5.74) is 1.65. The molecule has 0 amide bonds. The SMILES string of the molecule is CCCCCCC(I)=CC(CCCCCC)=C(I)[Si](C)(C)C. The van der Waals surface area contributed by atoms with E-state index in [0.717, 1.165) is 0 Å². The van der Waals surface area contributed by atoms with Gasteiger partial charge in [-0.05, 0) is 66.7 Å². The van der Waals surface area contributed by atoms with Gasteiger partial charge in [0.2, 0.25) is 0 Å². The fourth-order valence-corrected chi connectivity index (χ4v) is 4.79. The average molecular weight is 546 g/mol. The summed E-state index contributed by atoms with van der Waals surface area (Å²) in [6, 6.07) is 0. The summed E-state index contributed by atoms with van der Waals surface area (Å²) in [5, 5.41) is 0. The maximum Gasteiger partial charge on any atom is 0.0858 e. The molecule has 0 nitrogen and oxygen atoms in total. The smallest absolute Gasteiger partial charge is 0.0654 e. The summed E-state index contributed by atoms with van der Waals surface area (Å²) in [4.78, 5) is 0. The van der Waals surface area contributed by atoms with E-state index in [2.05, 4.69) is 84.7 Å². The summed E-state index contributed by atoms with van der Waals surface area (Å²) in [7, 11) is -1.18. The van der Waals surface area contributed by atoms with E-state index in [1.54, 1.807) is 12.4 Å². The topological polar surface area (TPSA) is 0 Å². The third kappa shape index (κ3) is 11.7. The summed E-state index contributed by atoms with van der Waals surface area (Å²) >= 11 is 5.23. The molecule has 0 bridgehead atoms. The first-order valence-corrected chi connectivity index (χ1v) is 14.7. The monoisotopic (exact) mass is 546 g/mol. The highest BCUT2D eigenvalue weighted by molar-refractivity contribution is 14.1. The van der Waals surface area contributed by atoms with Crippen LogP contribution in [0.2, 0.25) is 19.6 Å². The van der Waals surface area contributed by atoms with Crippen LogP contribution in [-0.4, -0.2) is 8.07 Å². The van der Waals surface area contributed by atoms with Crippen LogP contribution in [0.4, 0.5) is 0 Å². The summed E-state index contributed by atoms with van der Waals surface area (Å²) < 4.78 is 3.25. The predicted octanol–water partition coefficient (Wildman–Crippen LogP) is 8.81. The zero-order valence-corrected chi connectivity index (χ0v) is 20.7. The highest BCUT2D eigenvalue weighted by Gasteiger charge is 2.20. The third-order valence-electron chi connectivity index (χ3n) is 3.84. The normalized spacial score (nSPS) is 14.2. The zero-order chi connectivity index (χ0) is 17.0. The molecule has 0 saturated carbocycles. The van der Waals surface area contributed by atoms with Crippen molar-refractivity contribution < 1.29 is 0 Å². The number of unbranched alkanes of at least 4 members (excludes halogenated alkanes) is 6. The van der Waals surface area contributed by atoms with Gasteiger partial charge in [0.25, 0.3) is 0 Å². The van der Waals surface area contributed by atoms with Crippen LogP contribution in [0.5, 0.6) is 0 Å².